The molecule has 2 amide bonds. The summed E-state index contributed by atoms with van der Waals surface area (Å²) in [7, 11) is 0. The Kier molecular flexibility index (Phi) is 5.46. The smallest absolute Gasteiger partial charge is 0.333 e. The highest BCUT2D eigenvalue weighted by Gasteiger charge is 2.44. The van der Waals surface area contributed by atoms with Gasteiger partial charge in [-0.2, -0.15) is 13.2 Å². The number of amides is 2. The number of anilines is 1. The van der Waals surface area contributed by atoms with Crippen molar-refractivity contribution >= 4 is 17.5 Å². The summed E-state index contributed by atoms with van der Waals surface area (Å²) in [6.07, 6.45) is -4.14. The number of benzene rings is 1. The van der Waals surface area contributed by atoms with Crippen molar-refractivity contribution in [3.63, 3.8) is 0 Å². The molecule has 1 N–H and O–H groups in total. The van der Waals surface area contributed by atoms with E-state index in [4.69, 9.17) is 0 Å². The Morgan fingerprint density at radius 3 is 2.50 bits per heavy atom. The number of alkyl halides is 4. The fraction of sp³-hybridized carbons (Fsp3) is 0.500. The van der Waals surface area contributed by atoms with E-state index in [1.165, 1.54) is 17.0 Å². The van der Waals surface area contributed by atoms with Crippen molar-refractivity contribution in [3.8, 4) is 0 Å². The summed E-state index contributed by atoms with van der Waals surface area (Å²) >= 11 is 0. The summed E-state index contributed by atoms with van der Waals surface area (Å²) in [5.74, 6) is -1.79. The molecule has 1 aromatic rings. The normalized spacial score (nSPS) is 19.7. The first-order chi connectivity index (χ1) is 11.3. The van der Waals surface area contributed by atoms with Crippen LogP contribution >= 0.6 is 0 Å². The molecule has 0 aliphatic heterocycles. The van der Waals surface area contributed by atoms with Gasteiger partial charge in [-0.3, -0.25) is 14.0 Å². The van der Waals surface area contributed by atoms with Gasteiger partial charge in [-0.05, 0) is 31.4 Å². The van der Waals surface area contributed by atoms with Gasteiger partial charge in [0.1, 0.15) is 0 Å². The van der Waals surface area contributed by atoms with Crippen LogP contribution < -0.4 is 5.32 Å². The van der Waals surface area contributed by atoms with Gasteiger partial charge >= 0.3 is 6.18 Å². The molecule has 1 aliphatic carbocycles. The third-order valence-corrected chi connectivity index (χ3v) is 3.97. The standard InChI is InChI=1S/C16H18F4N2O2/c1-2-22(15(24)11-7-10(11)8-17)9-14(23)21-13-6-4-3-5-12(13)16(18,19)20/h3-6,10-11H,2,7-9H2,1H3,(H,21,23)/t10-,11+/m0/s1. The Balaban J connectivity index is 2.01. The predicted octanol–water partition coefficient (Wildman–Crippen LogP) is 3.10. The Hall–Kier alpha value is -2.12. The van der Waals surface area contributed by atoms with E-state index >= 15 is 0 Å². The van der Waals surface area contributed by atoms with Gasteiger partial charge in [-0.25, -0.2) is 0 Å². The molecule has 8 heteroatoms. The number of rotatable bonds is 6. The average molecular weight is 346 g/mol. The van der Waals surface area contributed by atoms with Gasteiger partial charge in [0, 0.05) is 12.5 Å². The van der Waals surface area contributed by atoms with Crippen molar-refractivity contribution in [2.45, 2.75) is 19.5 Å². The maximum atomic E-state index is 12.9. The lowest BCUT2D eigenvalue weighted by molar-refractivity contribution is -0.137. The summed E-state index contributed by atoms with van der Waals surface area (Å²) in [6.45, 7) is 0.931. The zero-order valence-electron chi connectivity index (χ0n) is 13.1. The van der Waals surface area contributed by atoms with E-state index in [-0.39, 0.29) is 30.6 Å². The first kappa shape index (κ1) is 18.2. The number of hydrogen-bond acceptors (Lipinski definition) is 2. The SMILES string of the molecule is CCN(CC(=O)Nc1ccccc1C(F)(F)F)C(=O)[C@@H]1C[C@H]1CF. The Morgan fingerprint density at radius 2 is 1.96 bits per heavy atom. The van der Waals surface area contributed by atoms with Crippen molar-refractivity contribution in [1.82, 2.24) is 4.90 Å². The molecule has 2 atom stereocenters. The summed E-state index contributed by atoms with van der Waals surface area (Å²) < 4.78 is 51.2. The number of nitrogens with one attached hydrogen (secondary N) is 1. The van der Waals surface area contributed by atoms with Crippen LogP contribution in [0.2, 0.25) is 0 Å². The second-order valence-corrected chi connectivity index (χ2v) is 5.70. The molecule has 1 aliphatic rings. The molecule has 2 rings (SSSR count). The third-order valence-electron chi connectivity index (χ3n) is 3.97. The van der Waals surface area contributed by atoms with Gasteiger partial charge in [-0.15, -0.1) is 0 Å². The molecular weight excluding hydrogens is 328 g/mol. The maximum absolute atomic E-state index is 12.9. The highest BCUT2D eigenvalue weighted by atomic mass is 19.4. The fourth-order valence-corrected chi connectivity index (χ4v) is 2.50. The molecule has 1 fully saturated rings. The zero-order valence-corrected chi connectivity index (χ0v) is 13.1. The van der Waals surface area contributed by atoms with Gasteiger partial charge in [0.05, 0.1) is 24.5 Å². The summed E-state index contributed by atoms with van der Waals surface area (Å²) in [5.41, 5.74) is -1.31. The maximum Gasteiger partial charge on any atom is 0.418 e. The Labute approximate surface area is 136 Å². The lowest BCUT2D eigenvalue weighted by atomic mass is 10.1. The van der Waals surface area contributed by atoms with Crippen molar-refractivity contribution < 1.29 is 27.2 Å². The van der Waals surface area contributed by atoms with Crippen LogP contribution in [-0.4, -0.2) is 36.5 Å². The molecule has 1 aromatic carbocycles. The molecule has 1 saturated carbocycles. The van der Waals surface area contributed by atoms with Crippen molar-refractivity contribution in [3.05, 3.63) is 29.8 Å². The highest BCUT2D eigenvalue weighted by molar-refractivity contribution is 5.95. The number of halogens is 4. The molecule has 0 heterocycles. The van der Waals surface area contributed by atoms with E-state index in [2.05, 4.69) is 5.32 Å². The van der Waals surface area contributed by atoms with Gasteiger partial charge in [0.2, 0.25) is 11.8 Å². The first-order valence-corrected chi connectivity index (χ1v) is 7.58. The van der Waals surface area contributed by atoms with Crippen molar-refractivity contribution in [2.75, 3.05) is 25.1 Å². The van der Waals surface area contributed by atoms with Crippen LogP contribution in [0.5, 0.6) is 0 Å². The lowest BCUT2D eigenvalue weighted by Crippen LogP contribution is -2.39. The zero-order chi connectivity index (χ0) is 17.9. The number of hydrogen-bond donors (Lipinski definition) is 1. The largest absolute Gasteiger partial charge is 0.418 e. The fourth-order valence-electron chi connectivity index (χ4n) is 2.50. The molecule has 0 saturated heterocycles. The van der Waals surface area contributed by atoms with Gasteiger partial charge < -0.3 is 10.2 Å². The van der Waals surface area contributed by atoms with Crippen molar-refractivity contribution in [2.24, 2.45) is 11.8 Å². The lowest BCUT2D eigenvalue weighted by Gasteiger charge is -2.21. The van der Waals surface area contributed by atoms with Crippen LogP contribution in [0.4, 0.5) is 23.2 Å². The molecule has 0 spiro atoms. The topological polar surface area (TPSA) is 49.4 Å². The minimum Gasteiger partial charge on any atom is -0.333 e. The summed E-state index contributed by atoms with van der Waals surface area (Å²) in [5, 5.41) is 2.19. The molecule has 0 radical (unpaired) electrons. The molecule has 24 heavy (non-hydrogen) atoms. The molecule has 132 valence electrons. The predicted molar refractivity (Wildman–Crippen MR) is 79.9 cm³/mol. The van der Waals surface area contributed by atoms with Crippen LogP contribution in [0.15, 0.2) is 24.3 Å². The molecule has 0 aromatic heterocycles. The molecular formula is C16H18F4N2O2. The summed E-state index contributed by atoms with van der Waals surface area (Å²) in [4.78, 5) is 25.4. The van der Waals surface area contributed by atoms with Gasteiger partial charge in [0.25, 0.3) is 0 Å². The quantitative estimate of drug-likeness (QED) is 0.805. The van der Waals surface area contributed by atoms with Crippen LogP contribution in [-0.2, 0) is 15.8 Å². The van der Waals surface area contributed by atoms with Crippen molar-refractivity contribution in [1.29, 1.82) is 0 Å². The van der Waals surface area contributed by atoms with Crippen LogP contribution in [0.3, 0.4) is 0 Å². The Morgan fingerprint density at radius 1 is 1.29 bits per heavy atom. The van der Waals surface area contributed by atoms with E-state index in [9.17, 15) is 27.2 Å². The minimum atomic E-state index is -4.59. The second kappa shape index (κ2) is 7.19. The number of carbonyl (C=O) groups excluding carboxylic acids is 2. The molecule has 0 unspecified atom stereocenters. The van der Waals surface area contributed by atoms with Gasteiger partial charge in [0.15, 0.2) is 0 Å². The third kappa shape index (κ3) is 4.24. The average Bonchev–Trinajstić information content (AvgIpc) is 3.31. The molecule has 4 nitrogen and oxygen atoms in total. The van der Waals surface area contributed by atoms with E-state index in [0.717, 1.165) is 12.1 Å². The monoisotopic (exact) mass is 346 g/mol. The second-order valence-electron chi connectivity index (χ2n) is 5.70. The van der Waals surface area contributed by atoms with E-state index in [0.29, 0.717) is 6.42 Å². The van der Waals surface area contributed by atoms with Crippen LogP contribution in [0.25, 0.3) is 0 Å². The highest BCUT2D eigenvalue weighted by Crippen LogP contribution is 2.40. The summed E-state index contributed by atoms with van der Waals surface area (Å²) in [6, 6.07) is 4.63. The van der Waals surface area contributed by atoms with Crippen LogP contribution in [0, 0.1) is 11.8 Å². The molecule has 0 bridgehead atoms. The van der Waals surface area contributed by atoms with Crippen LogP contribution in [0.1, 0.15) is 18.9 Å². The number of likely N-dealkylation sites (N-methyl/N-ethyl adjacent to an activating group) is 1. The van der Waals surface area contributed by atoms with E-state index in [1.54, 1.807) is 6.92 Å². The number of nitrogens with zero attached hydrogens (tertiary/aromatic N) is 1. The number of para-hydroxylation sites is 1. The first-order valence-electron chi connectivity index (χ1n) is 7.58. The number of carbonyl (C=O) groups is 2. The van der Waals surface area contributed by atoms with E-state index in [1.807, 2.05) is 0 Å². The van der Waals surface area contributed by atoms with Gasteiger partial charge in [-0.1, -0.05) is 12.1 Å². The minimum absolute atomic E-state index is 0.225. The van der Waals surface area contributed by atoms with E-state index < -0.39 is 30.2 Å². The Bertz CT molecular complexity index is 618.